The van der Waals surface area contributed by atoms with Gasteiger partial charge in [0.2, 0.25) is 0 Å². The van der Waals surface area contributed by atoms with Crippen LogP contribution >= 0.6 is 39.0 Å². The number of hydrogen-bond acceptors (Lipinski definition) is 8. The van der Waals surface area contributed by atoms with Gasteiger partial charge in [-0.1, -0.05) is 45.5 Å². The van der Waals surface area contributed by atoms with Crippen molar-refractivity contribution in [2.24, 2.45) is 4.99 Å². The Balaban J connectivity index is 1.59. The van der Waals surface area contributed by atoms with Crippen LogP contribution in [0.5, 0.6) is 0 Å². The van der Waals surface area contributed by atoms with Gasteiger partial charge in [-0.2, -0.15) is 0 Å². The molecule has 0 fully saturated rings. The van der Waals surface area contributed by atoms with Gasteiger partial charge >= 0.3 is 5.97 Å². The summed E-state index contributed by atoms with van der Waals surface area (Å²) < 4.78 is 14.1. The van der Waals surface area contributed by atoms with Crippen LogP contribution < -0.4 is 14.9 Å². The number of pyridine rings is 1. The first kappa shape index (κ1) is 24.5. The molecular formula is C26H20BrN3O4S2. The van der Waals surface area contributed by atoms with Crippen molar-refractivity contribution >= 4 is 51.1 Å². The van der Waals surface area contributed by atoms with E-state index in [-0.39, 0.29) is 12.2 Å². The Morgan fingerprint density at radius 1 is 1.25 bits per heavy atom. The van der Waals surface area contributed by atoms with Gasteiger partial charge in [-0.25, -0.2) is 14.8 Å². The molecule has 0 amide bonds. The molecule has 4 aromatic rings. The van der Waals surface area contributed by atoms with E-state index in [0.29, 0.717) is 31.5 Å². The van der Waals surface area contributed by atoms with Crippen LogP contribution in [0.1, 0.15) is 31.2 Å². The summed E-state index contributed by atoms with van der Waals surface area (Å²) in [4.78, 5) is 36.0. The minimum absolute atomic E-state index is 0.225. The largest absolute Gasteiger partial charge is 0.463 e. The predicted octanol–water partition coefficient (Wildman–Crippen LogP) is 4.70. The highest BCUT2D eigenvalue weighted by molar-refractivity contribution is 9.10. The molecule has 1 atom stereocenters. The summed E-state index contributed by atoms with van der Waals surface area (Å²) in [5, 5.41) is 1.48. The van der Waals surface area contributed by atoms with Gasteiger partial charge in [0.05, 0.1) is 28.5 Å². The number of benzene rings is 1. The van der Waals surface area contributed by atoms with Crippen LogP contribution in [0.2, 0.25) is 0 Å². The maximum atomic E-state index is 13.7. The first-order valence-electron chi connectivity index (χ1n) is 11.1. The van der Waals surface area contributed by atoms with Gasteiger partial charge in [-0.05, 0) is 67.6 Å². The highest BCUT2D eigenvalue weighted by atomic mass is 79.9. The molecule has 0 saturated heterocycles. The fourth-order valence-electron chi connectivity index (χ4n) is 3.89. The number of fused-ring (bicyclic) bond motifs is 1. The zero-order valence-electron chi connectivity index (χ0n) is 19.3. The van der Waals surface area contributed by atoms with Gasteiger partial charge in [0.1, 0.15) is 10.8 Å². The second-order valence-corrected chi connectivity index (χ2v) is 10.7. The first-order chi connectivity index (χ1) is 17.4. The molecule has 182 valence electrons. The Labute approximate surface area is 223 Å². The lowest BCUT2D eigenvalue weighted by Crippen LogP contribution is -2.39. The summed E-state index contributed by atoms with van der Waals surface area (Å²) >= 11 is 6.15. The van der Waals surface area contributed by atoms with E-state index in [1.807, 2.05) is 54.6 Å². The molecule has 0 aliphatic carbocycles. The molecule has 0 unspecified atom stereocenters. The zero-order chi connectivity index (χ0) is 25.2. The third-order valence-corrected chi connectivity index (χ3v) is 7.75. The molecule has 3 aromatic heterocycles. The second-order valence-electron chi connectivity index (χ2n) is 7.78. The van der Waals surface area contributed by atoms with E-state index in [0.717, 1.165) is 15.1 Å². The summed E-state index contributed by atoms with van der Waals surface area (Å²) in [5.41, 5.74) is 1.40. The quantitative estimate of drug-likeness (QED) is 0.307. The number of ether oxygens (including phenoxy) is 1. The van der Waals surface area contributed by atoms with Gasteiger partial charge in [0.25, 0.3) is 5.56 Å². The van der Waals surface area contributed by atoms with Crippen molar-refractivity contribution in [1.29, 1.82) is 0 Å². The molecule has 10 heteroatoms. The van der Waals surface area contributed by atoms with E-state index >= 15 is 0 Å². The van der Waals surface area contributed by atoms with Gasteiger partial charge in [-0.15, -0.1) is 0 Å². The van der Waals surface area contributed by atoms with Crippen molar-refractivity contribution in [3.63, 3.8) is 0 Å². The van der Waals surface area contributed by atoms with Crippen LogP contribution in [0.3, 0.4) is 0 Å². The van der Waals surface area contributed by atoms with Gasteiger partial charge in [0.15, 0.2) is 9.89 Å². The van der Waals surface area contributed by atoms with Crippen LogP contribution in [0.15, 0.2) is 101 Å². The number of allylic oxidation sites excluding steroid dienone is 1. The number of esters is 1. The summed E-state index contributed by atoms with van der Waals surface area (Å²) in [6, 6.07) is 16.2. The first-order valence-corrected chi connectivity index (χ1v) is 13.5. The minimum atomic E-state index is -0.660. The molecule has 5 rings (SSSR count). The normalized spacial score (nSPS) is 15.5. The lowest BCUT2D eigenvalue weighted by atomic mass is 9.96. The SMILES string of the molecule is CCOC(=O)C1=C(C)N=c2s/c(=C\c3ccc(Sc4ccccn4)o3)c(=O)n2[C@@H]1c1cccc(Br)c1. The van der Waals surface area contributed by atoms with E-state index in [4.69, 9.17) is 9.15 Å². The number of furan rings is 1. The number of nitrogens with zero attached hydrogens (tertiary/aromatic N) is 3. The number of carbonyl (C=O) groups excluding carboxylic acids is 1. The molecule has 1 aromatic carbocycles. The van der Waals surface area contributed by atoms with Gasteiger partial charge in [-0.3, -0.25) is 9.36 Å². The minimum Gasteiger partial charge on any atom is -0.463 e. The van der Waals surface area contributed by atoms with Crippen molar-refractivity contribution in [3.05, 3.63) is 108 Å². The fourth-order valence-corrected chi connectivity index (χ4v) is 6.07. The number of halogens is 1. The Bertz CT molecular complexity index is 1650. The number of aromatic nitrogens is 2. The highest BCUT2D eigenvalue weighted by Crippen LogP contribution is 2.32. The predicted molar refractivity (Wildman–Crippen MR) is 142 cm³/mol. The zero-order valence-corrected chi connectivity index (χ0v) is 22.5. The summed E-state index contributed by atoms with van der Waals surface area (Å²) in [6.45, 7) is 3.74. The molecule has 0 bridgehead atoms. The lowest BCUT2D eigenvalue weighted by molar-refractivity contribution is -0.139. The van der Waals surface area contributed by atoms with E-state index in [1.165, 1.54) is 23.1 Å². The number of hydrogen-bond donors (Lipinski definition) is 0. The molecule has 36 heavy (non-hydrogen) atoms. The molecule has 0 radical (unpaired) electrons. The maximum absolute atomic E-state index is 13.7. The van der Waals surface area contributed by atoms with Crippen LogP contribution in [-0.4, -0.2) is 22.1 Å². The third-order valence-electron chi connectivity index (χ3n) is 5.40. The Kier molecular flexibility index (Phi) is 7.08. The molecule has 1 aliphatic heterocycles. The van der Waals surface area contributed by atoms with E-state index < -0.39 is 12.0 Å². The Morgan fingerprint density at radius 3 is 2.86 bits per heavy atom. The van der Waals surface area contributed by atoms with E-state index in [2.05, 4.69) is 25.9 Å². The number of thiazole rings is 1. The van der Waals surface area contributed by atoms with Crippen molar-refractivity contribution in [2.45, 2.75) is 30.0 Å². The molecule has 0 N–H and O–H groups in total. The second kappa shape index (κ2) is 10.4. The molecule has 4 heterocycles. The molecular weight excluding hydrogens is 562 g/mol. The average molecular weight is 583 g/mol. The van der Waals surface area contributed by atoms with Crippen molar-refractivity contribution in [1.82, 2.24) is 9.55 Å². The highest BCUT2D eigenvalue weighted by Gasteiger charge is 2.33. The smallest absolute Gasteiger partial charge is 0.338 e. The molecule has 1 aliphatic rings. The van der Waals surface area contributed by atoms with Gasteiger partial charge in [0, 0.05) is 16.7 Å². The topological polar surface area (TPSA) is 86.7 Å². The Morgan fingerprint density at radius 2 is 2.11 bits per heavy atom. The molecule has 0 spiro atoms. The van der Waals surface area contributed by atoms with Crippen LogP contribution in [0.4, 0.5) is 0 Å². The average Bonchev–Trinajstić information content (AvgIpc) is 3.42. The van der Waals surface area contributed by atoms with Crippen LogP contribution in [-0.2, 0) is 9.53 Å². The van der Waals surface area contributed by atoms with Crippen molar-refractivity contribution in [2.75, 3.05) is 6.61 Å². The third kappa shape index (κ3) is 4.88. The van der Waals surface area contributed by atoms with Crippen molar-refractivity contribution < 1.29 is 13.9 Å². The number of carbonyl (C=O) groups is 1. The van der Waals surface area contributed by atoms with Crippen LogP contribution in [0, 0.1) is 0 Å². The van der Waals surface area contributed by atoms with E-state index in [1.54, 1.807) is 30.7 Å². The standard InChI is InChI=1S/C26H20BrN3O4S2/c1-3-33-25(32)22-15(2)29-26-30(23(22)16-7-6-8-17(27)13-16)24(31)19(35-26)14-18-10-11-21(34-18)36-20-9-4-5-12-28-20/h4-14,23H,3H2,1-2H3/b19-14-/t23-/m1/s1. The number of rotatable bonds is 6. The summed E-state index contributed by atoms with van der Waals surface area (Å²) in [5.74, 6) is 0.0549. The summed E-state index contributed by atoms with van der Waals surface area (Å²) in [7, 11) is 0. The fraction of sp³-hybridized carbons (Fsp3) is 0.154. The lowest BCUT2D eigenvalue weighted by Gasteiger charge is -2.24. The van der Waals surface area contributed by atoms with Crippen LogP contribution in [0.25, 0.3) is 6.08 Å². The molecule has 7 nitrogen and oxygen atoms in total. The van der Waals surface area contributed by atoms with Gasteiger partial charge < -0.3 is 9.15 Å². The monoisotopic (exact) mass is 581 g/mol. The van der Waals surface area contributed by atoms with Crippen molar-refractivity contribution in [3.8, 4) is 0 Å². The Hall–Kier alpha value is -3.21. The van der Waals surface area contributed by atoms with E-state index in [9.17, 15) is 9.59 Å². The summed E-state index contributed by atoms with van der Waals surface area (Å²) in [6.07, 6.45) is 3.43. The molecule has 0 saturated carbocycles. The maximum Gasteiger partial charge on any atom is 0.338 e.